The second-order valence-electron chi connectivity index (χ2n) is 5.62. The van der Waals surface area contributed by atoms with Gasteiger partial charge in [-0.2, -0.15) is 0 Å². The number of nitrogens with one attached hydrogen (secondary N) is 2. The topological polar surface area (TPSA) is 58.5 Å². The highest BCUT2D eigenvalue weighted by Gasteiger charge is 2.05. The van der Waals surface area contributed by atoms with Crippen LogP contribution < -0.4 is 15.4 Å². The summed E-state index contributed by atoms with van der Waals surface area (Å²) < 4.78 is 19.0. The molecule has 25 heavy (non-hydrogen) atoms. The quantitative estimate of drug-likeness (QED) is 0.599. The molecule has 0 radical (unpaired) electrons. The summed E-state index contributed by atoms with van der Waals surface area (Å²) in [6.45, 7) is 5.65. The molecule has 0 spiro atoms. The van der Waals surface area contributed by atoms with E-state index in [9.17, 15) is 4.39 Å². The molecule has 6 heteroatoms. The first-order chi connectivity index (χ1) is 12.1. The van der Waals surface area contributed by atoms with Gasteiger partial charge in [0.1, 0.15) is 11.6 Å². The largest absolute Gasteiger partial charge is 0.496 e. The molecule has 0 aliphatic heterocycles. The van der Waals surface area contributed by atoms with Crippen molar-refractivity contribution in [3.8, 4) is 5.75 Å². The molecule has 2 aromatic rings. The summed E-state index contributed by atoms with van der Waals surface area (Å²) >= 11 is 0. The lowest BCUT2D eigenvalue weighted by Gasteiger charge is -2.13. The number of nitrogens with zero attached hydrogens (tertiary/aromatic N) is 2. The molecule has 1 aromatic carbocycles. The Hall–Kier alpha value is -2.63. The van der Waals surface area contributed by atoms with Crippen molar-refractivity contribution >= 4 is 5.96 Å². The van der Waals surface area contributed by atoms with Crippen molar-refractivity contribution in [3.05, 3.63) is 59.2 Å². The third kappa shape index (κ3) is 5.74. The summed E-state index contributed by atoms with van der Waals surface area (Å²) in [5, 5.41) is 6.42. The van der Waals surface area contributed by atoms with Gasteiger partial charge in [-0.05, 0) is 44.0 Å². The van der Waals surface area contributed by atoms with Crippen LogP contribution in [0.1, 0.15) is 23.7 Å². The van der Waals surface area contributed by atoms with E-state index in [4.69, 9.17) is 4.74 Å². The summed E-state index contributed by atoms with van der Waals surface area (Å²) in [4.78, 5) is 8.41. The lowest BCUT2D eigenvalue weighted by Crippen LogP contribution is -2.38. The predicted molar refractivity (Wildman–Crippen MR) is 98.4 cm³/mol. The van der Waals surface area contributed by atoms with E-state index in [1.165, 1.54) is 11.6 Å². The number of guanidine groups is 1. The Bertz CT molecular complexity index is 718. The minimum atomic E-state index is -0.341. The van der Waals surface area contributed by atoms with Gasteiger partial charge in [-0.15, -0.1) is 0 Å². The van der Waals surface area contributed by atoms with E-state index in [2.05, 4.69) is 33.6 Å². The van der Waals surface area contributed by atoms with E-state index in [0.29, 0.717) is 18.2 Å². The number of benzene rings is 1. The van der Waals surface area contributed by atoms with Crippen molar-refractivity contribution in [2.45, 2.75) is 26.8 Å². The summed E-state index contributed by atoms with van der Waals surface area (Å²) in [7, 11) is 1.68. The van der Waals surface area contributed by atoms with Gasteiger partial charge in [0, 0.05) is 19.3 Å². The Morgan fingerprint density at radius 3 is 2.84 bits per heavy atom. The van der Waals surface area contributed by atoms with Crippen molar-refractivity contribution in [1.82, 2.24) is 15.6 Å². The third-order valence-electron chi connectivity index (χ3n) is 3.69. The van der Waals surface area contributed by atoms with E-state index in [-0.39, 0.29) is 12.4 Å². The van der Waals surface area contributed by atoms with Crippen LogP contribution in [0.2, 0.25) is 0 Å². The Morgan fingerprint density at radius 1 is 1.28 bits per heavy atom. The standard InChI is InChI=1S/C19H25FN4O/c1-4-21-19(24-13-17-16(20)6-5-10-22-17)23-11-9-15-12-14(2)7-8-18(15)25-3/h5-8,10,12H,4,9,11,13H2,1-3H3,(H2,21,23,24). The second-order valence-corrected chi connectivity index (χ2v) is 5.62. The van der Waals surface area contributed by atoms with Crippen LogP contribution in [0.3, 0.4) is 0 Å². The van der Waals surface area contributed by atoms with E-state index >= 15 is 0 Å². The van der Waals surface area contributed by atoms with Gasteiger partial charge < -0.3 is 15.4 Å². The Balaban J connectivity index is 1.96. The molecular formula is C19H25FN4O. The minimum Gasteiger partial charge on any atom is -0.496 e. The Labute approximate surface area is 148 Å². The highest BCUT2D eigenvalue weighted by atomic mass is 19.1. The van der Waals surface area contributed by atoms with Crippen LogP contribution in [-0.2, 0) is 13.0 Å². The Morgan fingerprint density at radius 2 is 2.12 bits per heavy atom. The highest BCUT2D eigenvalue weighted by molar-refractivity contribution is 5.79. The molecule has 2 rings (SSSR count). The van der Waals surface area contributed by atoms with Crippen LogP contribution in [0.15, 0.2) is 41.5 Å². The molecule has 0 atom stereocenters. The van der Waals surface area contributed by atoms with Gasteiger partial charge in [-0.25, -0.2) is 9.38 Å². The number of ether oxygens (including phenoxy) is 1. The van der Waals surface area contributed by atoms with Crippen molar-refractivity contribution in [2.75, 3.05) is 20.2 Å². The summed E-state index contributed by atoms with van der Waals surface area (Å²) in [5.74, 6) is 1.18. The smallest absolute Gasteiger partial charge is 0.191 e. The summed E-state index contributed by atoms with van der Waals surface area (Å²) in [6.07, 6.45) is 2.37. The maximum atomic E-state index is 13.6. The molecule has 0 bridgehead atoms. The highest BCUT2D eigenvalue weighted by Crippen LogP contribution is 2.19. The zero-order valence-corrected chi connectivity index (χ0v) is 15.0. The molecule has 1 aromatic heterocycles. The van der Waals surface area contributed by atoms with Crippen molar-refractivity contribution in [3.63, 3.8) is 0 Å². The average Bonchev–Trinajstić information content (AvgIpc) is 2.61. The fourth-order valence-electron chi connectivity index (χ4n) is 2.45. The number of hydrogen-bond donors (Lipinski definition) is 2. The molecule has 0 fully saturated rings. The monoisotopic (exact) mass is 344 g/mol. The number of hydrogen-bond acceptors (Lipinski definition) is 3. The number of rotatable bonds is 7. The van der Waals surface area contributed by atoms with Gasteiger partial charge >= 0.3 is 0 Å². The van der Waals surface area contributed by atoms with Gasteiger partial charge in [0.15, 0.2) is 5.96 Å². The predicted octanol–water partition coefficient (Wildman–Crippen LogP) is 2.84. The molecule has 0 saturated carbocycles. The fourth-order valence-corrected chi connectivity index (χ4v) is 2.45. The molecule has 5 nitrogen and oxygen atoms in total. The lowest BCUT2D eigenvalue weighted by molar-refractivity contribution is 0.409. The van der Waals surface area contributed by atoms with Crippen LogP contribution in [0, 0.1) is 12.7 Å². The van der Waals surface area contributed by atoms with Crippen LogP contribution in [0.25, 0.3) is 0 Å². The van der Waals surface area contributed by atoms with Crippen molar-refractivity contribution < 1.29 is 9.13 Å². The van der Waals surface area contributed by atoms with Gasteiger partial charge in [-0.1, -0.05) is 17.7 Å². The first-order valence-corrected chi connectivity index (χ1v) is 8.39. The van der Waals surface area contributed by atoms with Crippen molar-refractivity contribution in [1.29, 1.82) is 0 Å². The van der Waals surface area contributed by atoms with E-state index in [1.807, 2.05) is 19.1 Å². The van der Waals surface area contributed by atoms with Crippen LogP contribution in [0.5, 0.6) is 5.75 Å². The number of aromatic nitrogens is 1. The summed E-state index contributed by atoms with van der Waals surface area (Å²) in [6, 6.07) is 9.09. The van der Waals surface area contributed by atoms with Gasteiger partial charge in [0.2, 0.25) is 0 Å². The van der Waals surface area contributed by atoms with Gasteiger partial charge in [-0.3, -0.25) is 4.98 Å². The molecule has 0 unspecified atom stereocenters. The number of methoxy groups -OCH3 is 1. The third-order valence-corrected chi connectivity index (χ3v) is 3.69. The minimum absolute atomic E-state index is 0.190. The van der Waals surface area contributed by atoms with E-state index in [0.717, 1.165) is 24.3 Å². The molecule has 0 aliphatic rings. The zero-order valence-electron chi connectivity index (χ0n) is 15.0. The van der Waals surface area contributed by atoms with Crippen molar-refractivity contribution in [2.24, 2.45) is 4.99 Å². The lowest BCUT2D eigenvalue weighted by atomic mass is 10.1. The second kappa shape index (κ2) is 9.61. The number of aryl methyl sites for hydroxylation is 1. The first kappa shape index (κ1) is 18.7. The molecule has 1 heterocycles. The SMILES string of the molecule is CCNC(=NCc1ncccc1F)NCCc1cc(C)ccc1OC. The molecular weight excluding hydrogens is 319 g/mol. The van der Waals surface area contributed by atoms with Crippen LogP contribution in [-0.4, -0.2) is 31.1 Å². The molecule has 134 valence electrons. The average molecular weight is 344 g/mol. The molecule has 0 aliphatic carbocycles. The number of pyridine rings is 1. The molecule has 2 N–H and O–H groups in total. The van der Waals surface area contributed by atoms with Crippen LogP contribution in [0.4, 0.5) is 4.39 Å². The molecule has 0 saturated heterocycles. The zero-order chi connectivity index (χ0) is 18.1. The maximum Gasteiger partial charge on any atom is 0.191 e. The number of aliphatic imine (C=N–C) groups is 1. The Kier molecular flexibility index (Phi) is 7.19. The normalized spacial score (nSPS) is 11.3. The van der Waals surface area contributed by atoms with Gasteiger partial charge in [0.25, 0.3) is 0 Å². The van der Waals surface area contributed by atoms with Crippen LogP contribution >= 0.6 is 0 Å². The van der Waals surface area contributed by atoms with Gasteiger partial charge in [0.05, 0.1) is 19.3 Å². The number of halogens is 1. The molecule has 0 amide bonds. The van der Waals surface area contributed by atoms with E-state index in [1.54, 1.807) is 19.4 Å². The maximum absolute atomic E-state index is 13.6. The first-order valence-electron chi connectivity index (χ1n) is 8.39. The van der Waals surface area contributed by atoms with E-state index < -0.39 is 0 Å². The fraction of sp³-hybridized carbons (Fsp3) is 0.368. The summed E-state index contributed by atoms with van der Waals surface area (Å²) in [5.41, 5.74) is 2.67.